The Morgan fingerprint density at radius 1 is 0.828 bits per heavy atom. The van der Waals surface area contributed by atoms with E-state index in [0.29, 0.717) is 0 Å². The number of methoxy groups -OCH3 is 2. The van der Waals surface area contributed by atoms with Gasteiger partial charge in [-0.25, -0.2) is 0 Å². The van der Waals surface area contributed by atoms with Gasteiger partial charge < -0.3 is 9.47 Å². The van der Waals surface area contributed by atoms with Gasteiger partial charge in [0.25, 0.3) is 0 Å². The van der Waals surface area contributed by atoms with Crippen molar-refractivity contribution in [3.8, 4) is 11.5 Å². The molecule has 0 aliphatic rings. The van der Waals surface area contributed by atoms with E-state index in [1.165, 1.54) is 5.39 Å². The molecule has 0 unspecified atom stereocenters. The molecule has 4 aromatic rings. The summed E-state index contributed by atoms with van der Waals surface area (Å²) in [4.78, 5) is 9.42. The molecule has 0 amide bonds. The lowest BCUT2D eigenvalue weighted by molar-refractivity contribution is 0.356. The number of pyridine rings is 2. The highest BCUT2D eigenvalue weighted by atomic mass is 16.5. The lowest BCUT2D eigenvalue weighted by Gasteiger charge is -2.14. The molecule has 0 atom stereocenters. The number of aryl methyl sites for hydroxylation is 1. The third-order valence-electron chi connectivity index (χ3n) is 5.10. The van der Waals surface area contributed by atoms with E-state index in [4.69, 9.17) is 14.5 Å². The van der Waals surface area contributed by atoms with Crippen LogP contribution in [0.15, 0.2) is 54.9 Å². The summed E-state index contributed by atoms with van der Waals surface area (Å²) in [6.07, 6.45) is 6.62. The first-order valence-corrected chi connectivity index (χ1v) is 9.59. The highest BCUT2D eigenvalue weighted by Gasteiger charge is 2.14. The fourth-order valence-electron chi connectivity index (χ4n) is 3.68. The Balaban J connectivity index is 0.00000240. The van der Waals surface area contributed by atoms with Crippen LogP contribution in [-0.4, -0.2) is 24.2 Å². The maximum atomic E-state index is 5.55. The first-order chi connectivity index (χ1) is 13.7. The molecule has 0 spiro atoms. The van der Waals surface area contributed by atoms with Crippen molar-refractivity contribution in [2.45, 2.75) is 33.6 Å². The van der Waals surface area contributed by atoms with E-state index in [9.17, 15) is 0 Å². The van der Waals surface area contributed by atoms with Gasteiger partial charge in [0.2, 0.25) is 0 Å². The fraction of sp³-hybridized carbons (Fsp3) is 0.280. The van der Waals surface area contributed by atoms with Crippen LogP contribution in [0.5, 0.6) is 11.5 Å². The molecule has 0 aliphatic carbocycles. The summed E-state index contributed by atoms with van der Waals surface area (Å²) in [7, 11) is 3.34. The molecule has 0 saturated heterocycles. The average molecular weight is 389 g/mol. The Morgan fingerprint density at radius 2 is 1.52 bits per heavy atom. The van der Waals surface area contributed by atoms with Gasteiger partial charge in [-0.2, -0.15) is 0 Å². The van der Waals surface area contributed by atoms with Crippen molar-refractivity contribution in [3.05, 3.63) is 71.8 Å². The number of fused-ring (bicyclic) bond motifs is 2. The maximum Gasteiger partial charge on any atom is 0.161 e. The quantitative estimate of drug-likeness (QED) is 0.407. The predicted octanol–water partition coefficient (Wildman–Crippen LogP) is 5.98. The first-order valence-electron chi connectivity index (χ1n) is 9.59. The molecule has 2 heterocycles. The van der Waals surface area contributed by atoms with E-state index in [1.807, 2.05) is 24.5 Å². The highest BCUT2D eigenvalue weighted by molar-refractivity contribution is 5.91. The highest BCUT2D eigenvalue weighted by Crippen LogP contribution is 2.35. The van der Waals surface area contributed by atoms with Gasteiger partial charge in [-0.3, -0.25) is 9.97 Å². The van der Waals surface area contributed by atoms with E-state index >= 15 is 0 Å². The molecule has 0 aliphatic heterocycles. The molecule has 2 aromatic carbocycles. The van der Waals surface area contributed by atoms with Crippen LogP contribution < -0.4 is 9.47 Å². The van der Waals surface area contributed by atoms with Crippen LogP contribution in [0.3, 0.4) is 0 Å². The van der Waals surface area contributed by atoms with Crippen molar-refractivity contribution in [1.82, 2.24) is 9.97 Å². The van der Waals surface area contributed by atoms with Crippen LogP contribution in [0.1, 0.15) is 37.7 Å². The van der Waals surface area contributed by atoms with Crippen LogP contribution in [0.2, 0.25) is 0 Å². The number of hydrogen-bond donors (Lipinski definition) is 0. The zero-order chi connectivity index (χ0) is 19.5. The second kappa shape index (κ2) is 8.91. The van der Waals surface area contributed by atoms with Crippen molar-refractivity contribution in [1.29, 1.82) is 0 Å². The van der Waals surface area contributed by atoms with Crippen LogP contribution in [0, 0.1) is 0 Å². The summed E-state index contributed by atoms with van der Waals surface area (Å²) >= 11 is 0. The second-order valence-corrected chi connectivity index (χ2v) is 6.93. The first kappa shape index (κ1) is 20.6. The third-order valence-corrected chi connectivity index (χ3v) is 5.10. The molecule has 0 saturated carbocycles. The van der Waals surface area contributed by atoms with Gasteiger partial charge in [-0.05, 0) is 41.0 Å². The molecule has 4 nitrogen and oxygen atoms in total. The Morgan fingerprint density at radius 3 is 2.21 bits per heavy atom. The SMILES string of the molecule is C.CCCc1ncc(Cc2cc3ccccc3cn2)c2cc(OC)c(OC)cc12. The van der Waals surface area contributed by atoms with Gasteiger partial charge in [0.15, 0.2) is 11.5 Å². The van der Waals surface area contributed by atoms with Crippen LogP contribution in [-0.2, 0) is 12.8 Å². The molecule has 0 N–H and O–H groups in total. The van der Waals surface area contributed by atoms with Crippen LogP contribution in [0.25, 0.3) is 21.5 Å². The zero-order valence-electron chi connectivity index (χ0n) is 16.5. The van der Waals surface area contributed by atoms with Gasteiger partial charge >= 0.3 is 0 Å². The Hall–Kier alpha value is -3.14. The molecule has 0 fully saturated rings. The lowest BCUT2D eigenvalue weighted by Crippen LogP contribution is -2.00. The second-order valence-electron chi connectivity index (χ2n) is 6.93. The van der Waals surface area contributed by atoms with E-state index in [0.717, 1.165) is 63.9 Å². The molecular weight excluding hydrogens is 360 g/mol. The van der Waals surface area contributed by atoms with Gasteiger partial charge in [0.1, 0.15) is 0 Å². The summed E-state index contributed by atoms with van der Waals surface area (Å²) in [6.45, 7) is 2.17. The number of hydrogen-bond acceptors (Lipinski definition) is 4. The number of nitrogens with zero attached hydrogens (tertiary/aromatic N) is 2. The minimum absolute atomic E-state index is 0. The predicted molar refractivity (Wildman–Crippen MR) is 120 cm³/mol. The number of aromatic nitrogens is 2. The maximum absolute atomic E-state index is 5.55. The normalized spacial score (nSPS) is 10.7. The Labute approximate surface area is 172 Å². The summed E-state index contributed by atoms with van der Waals surface area (Å²) in [6, 6.07) is 14.6. The van der Waals surface area contributed by atoms with E-state index in [1.54, 1.807) is 14.2 Å². The summed E-state index contributed by atoms with van der Waals surface area (Å²) in [5, 5.41) is 4.62. The average Bonchev–Trinajstić information content (AvgIpc) is 2.74. The smallest absolute Gasteiger partial charge is 0.161 e. The van der Waals surface area contributed by atoms with E-state index < -0.39 is 0 Å². The van der Waals surface area contributed by atoms with E-state index in [2.05, 4.69) is 42.2 Å². The summed E-state index contributed by atoms with van der Waals surface area (Å²) in [5.41, 5.74) is 3.26. The third kappa shape index (κ3) is 4.02. The van der Waals surface area contributed by atoms with Crippen molar-refractivity contribution in [2.24, 2.45) is 0 Å². The molecule has 2 aromatic heterocycles. The van der Waals surface area contributed by atoms with Crippen molar-refractivity contribution in [2.75, 3.05) is 14.2 Å². The van der Waals surface area contributed by atoms with Gasteiger partial charge in [0.05, 0.1) is 14.2 Å². The number of benzene rings is 2. The fourth-order valence-corrected chi connectivity index (χ4v) is 3.68. The molecule has 0 radical (unpaired) electrons. The van der Waals surface area contributed by atoms with Crippen LogP contribution in [0.4, 0.5) is 0 Å². The molecule has 4 rings (SSSR count). The molecule has 0 bridgehead atoms. The van der Waals surface area contributed by atoms with Crippen molar-refractivity contribution in [3.63, 3.8) is 0 Å². The number of rotatable bonds is 6. The molecule has 4 heteroatoms. The zero-order valence-corrected chi connectivity index (χ0v) is 16.5. The Kier molecular flexibility index (Phi) is 6.32. The van der Waals surface area contributed by atoms with E-state index in [-0.39, 0.29) is 7.43 Å². The monoisotopic (exact) mass is 388 g/mol. The van der Waals surface area contributed by atoms with Gasteiger partial charge in [-0.1, -0.05) is 45.0 Å². The summed E-state index contributed by atoms with van der Waals surface area (Å²) < 4.78 is 11.1. The molecular formula is C25H28N2O2. The van der Waals surface area contributed by atoms with Gasteiger partial charge in [0, 0.05) is 41.0 Å². The topological polar surface area (TPSA) is 44.2 Å². The molecule has 150 valence electrons. The lowest BCUT2D eigenvalue weighted by atomic mass is 9.98. The standard InChI is InChI=1S/C24H24N2O2.CH4/c1-4-7-22-21-13-24(28-3)23(27-2)12-20(21)18(15-26-22)11-19-10-16-8-5-6-9-17(16)14-25-19;/h5-6,8-10,12-15H,4,7,11H2,1-3H3;1H4. The summed E-state index contributed by atoms with van der Waals surface area (Å²) in [5.74, 6) is 1.46. The van der Waals surface area contributed by atoms with Crippen LogP contribution >= 0.6 is 0 Å². The largest absolute Gasteiger partial charge is 0.493 e. The van der Waals surface area contributed by atoms with Crippen molar-refractivity contribution < 1.29 is 9.47 Å². The number of ether oxygens (including phenoxy) is 2. The Bertz CT molecular complexity index is 1140. The van der Waals surface area contributed by atoms with Gasteiger partial charge in [-0.15, -0.1) is 0 Å². The van der Waals surface area contributed by atoms with Crippen molar-refractivity contribution >= 4 is 21.5 Å². The molecule has 29 heavy (non-hydrogen) atoms. The minimum Gasteiger partial charge on any atom is -0.493 e. The minimum atomic E-state index is 0.